The van der Waals surface area contributed by atoms with Crippen LogP contribution in [0.1, 0.15) is 30.1 Å². The second kappa shape index (κ2) is 6.36. The number of oxime groups is 1. The number of carbonyl (C=O) groups is 1. The molecule has 102 valence electrons. The second-order valence-corrected chi connectivity index (χ2v) is 5.84. The van der Waals surface area contributed by atoms with Crippen LogP contribution in [0.5, 0.6) is 0 Å². The lowest BCUT2D eigenvalue weighted by atomic mass is 9.93. The molecule has 2 rings (SSSR count). The summed E-state index contributed by atoms with van der Waals surface area (Å²) in [5.41, 5.74) is 1.57. The first-order valence-corrected chi connectivity index (χ1v) is 7.49. The molecule has 0 saturated carbocycles. The van der Waals surface area contributed by atoms with Gasteiger partial charge in [-0.3, -0.25) is 4.79 Å². The Labute approximate surface area is 126 Å². The molecule has 0 spiro atoms. The monoisotopic (exact) mass is 372 g/mol. The summed E-state index contributed by atoms with van der Waals surface area (Å²) < 4.78 is 0.972. The van der Waals surface area contributed by atoms with E-state index in [9.17, 15) is 4.79 Å². The summed E-state index contributed by atoms with van der Waals surface area (Å²) in [7, 11) is 0. The average molecular weight is 372 g/mol. The summed E-state index contributed by atoms with van der Waals surface area (Å²) >= 11 is 2.19. The molecule has 5 heteroatoms. The Balaban J connectivity index is 2.16. The Morgan fingerprint density at radius 3 is 2.89 bits per heavy atom. The normalized spacial score (nSPS) is 21.7. The van der Waals surface area contributed by atoms with Gasteiger partial charge in [-0.05, 0) is 41.1 Å². The lowest BCUT2D eigenvalue weighted by Crippen LogP contribution is -2.44. The molecular weight excluding hydrogens is 355 g/mol. The van der Waals surface area contributed by atoms with Gasteiger partial charge in [-0.15, -0.1) is 0 Å². The first kappa shape index (κ1) is 14.3. The van der Waals surface area contributed by atoms with Gasteiger partial charge in [0.15, 0.2) is 0 Å². The van der Waals surface area contributed by atoms with Gasteiger partial charge in [0.2, 0.25) is 0 Å². The van der Waals surface area contributed by atoms with Crippen LogP contribution in [0.25, 0.3) is 0 Å². The van der Waals surface area contributed by atoms with E-state index in [1.807, 2.05) is 29.2 Å². The Hall–Kier alpha value is -1.11. The molecule has 4 nitrogen and oxygen atoms in total. The quantitative estimate of drug-likeness (QED) is 0.493. The van der Waals surface area contributed by atoms with Crippen molar-refractivity contribution in [1.82, 2.24) is 4.90 Å². The summed E-state index contributed by atoms with van der Waals surface area (Å²) in [4.78, 5) is 14.4. The number of benzene rings is 1. The molecule has 1 heterocycles. The van der Waals surface area contributed by atoms with Crippen LogP contribution in [-0.2, 0) is 0 Å². The van der Waals surface area contributed by atoms with Crippen LogP contribution in [0.15, 0.2) is 29.4 Å². The SMILES string of the molecule is CCC1CN(C(=O)c2ccccc2I)CC/C1=N\O. The molecule has 1 N–H and O–H groups in total. The number of likely N-dealkylation sites (tertiary alicyclic amines) is 1. The van der Waals surface area contributed by atoms with E-state index in [0.29, 0.717) is 19.5 Å². The lowest BCUT2D eigenvalue weighted by molar-refractivity contribution is 0.0728. The van der Waals surface area contributed by atoms with Gasteiger partial charge >= 0.3 is 0 Å². The molecule has 0 bridgehead atoms. The van der Waals surface area contributed by atoms with Crippen LogP contribution >= 0.6 is 22.6 Å². The molecular formula is C14H17IN2O2. The van der Waals surface area contributed by atoms with Crippen molar-refractivity contribution in [2.24, 2.45) is 11.1 Å². The van der Waals surface area contributed by atoms with Crippen LogP contribution in [0.3, 0.4) is 0 Å². The third kappa shape index (κ3) is 3.08. The number of nitrogens with zero attached hydrogens (tertiary/aromatic N) is 2. The number of piperidine rings is 1. The fraction of sp³-hybridized carbons (Fsp3) is 0.429. The van der Waals surface area contributed by atoms with Crippen molar-refractivity contribution < 1.29 is 10.0 Å². The zero-order chi connectivity index (χ0) is 13.8. The highest BCUT2D eigenvalue weighted by Crippen LogP contribution is 2.21. The molecule has 1 aromatic rings. The minimum absolute atomic E-state index is 0.0699. The number of rotatable bonds is 2. The fourth-order valence-corrected chi connectivity index (χ4v) is 3.02. The highest BCUT2D eigenvalue weighted by Gasteiger charge is 2.28. The van der Waals surface area contributed by atoms with Crippen molar-refractivity contribution in [2.75, 3.05) is 13.1 Å². The minimum Gasteiger partial charge on any atom is -0.411 e. The Morgan fingerprint density at radius 2 is 2.26 bits per heavy atom. The molecule has 0 aliphatic carbocycles. The van der Waals surface area contributed by atoms with Crippen LogP contribution in [0.2, 0.25) is 0 Å². The third-order valence-corrected chi connectivity index (χ3v) is 4.50. The summed E-state index contributed by atoms with van der Waals surface area (Å²) in [6, 6.07) is 7.62. The highest BCUT2D eigenvalue weighted by atomic mass is 127. The molecule has 1 atom stereocenters. The van der Waals surface area contributed by atoms with Crippen molar-refractivity contribution in [3.8, 4) is 0 Å². The first-order chi connectivity index (χ1) is 9.17. The molecule has 19 heavy (non-hydrogen) atoms. The zero-order valence-corrected chi connectivity index (χ0v) is 13.0. The van der Waals surface area contributed by atoms with E-state index < -0.39 is 0 Å². The molecule has 1 saturated heterocycles. The third-order valence-electron chi connectivity index (χ3n) is 3.56. The Bertz CT molecular complexity index is 502. The number of carbonyl (C=O) groups excluding carboxylic acids is 1. The molecule has 1 fully saturated rings. The molecule has 0 radical (unpaired) electrons. The van der Waals surface area contributed by atoms with Gasteiger partial charge in [0.25, 0.3) is 5.91 Å². The van der Waals surface area contributed by atoms with Crippen molar-refractivity contribution in [3.05, 3.63) is 33.4 Å². The van der Waals surface area contributed by atoms with E-state index in [-0.39, 0.29) is 11.8 Å². The molecule has 1 amide bonds. The topological polar surface area (TPSA) is 52.9 Å². The van der Waals surface area contributed by atoms with Crippen molar-refractivity contribution in [2.45, 2.75) is 19.8 Å². The maximum absolute atomic E-state index is 12.5. The van der Waals surface area contributed by atoms with Crippen molar-refractivity contribution in [1.29, 1.82) is 0 Å². The number of amides is 1. The van der Waals surface area contributed by atoms with E-state index in [2.05, 4.69) is 34.7 Å². The van der Waals surface area contributed by atoms with Gasteiger partial charge in [0, 0.05) is 29.0 Å². The van der Waals surface area contributed by atoms with Crippen molar-refractivity contribution >= 4 is 34.2 Å². The number of hydrogen-bond acceptors (Lipinski definition) is 3. The first-order valence-electron chi connectivity index (χ1n) is 6.42. The summed E-state index contributed by atoms with van der Waals surface area (Å²) in [6.07, 6.45) is 1.54. The zero-order valence-electron chi connectivity index (χ0n) is 10.8. The average Bonchev–Trinajstić information content (AvgIpc) is 2.46. The van der Waals surface area contributed by atoms with Gasteiger partial charge in [0.1, 0.15) is 0 Å². The van der Waals surface area contributed by atoms with Gasteiger partial charge in [-0.25, -0.2) is 0 Å². The molecule has 1 aliphatic rings. The molecule has 1 aliphatic heterocycles. The number of hydrogen-bond donors (Lipinski definition) is 1. The summed E-state index contributed by atoms with van der Waals surface area (Å²) in [5, 5.41) is 12.3. The van der Waals surface area contributed by atoms with E-state index in [1.165, 1.54) is 0 Å². The number of halogens is 1. The Kier molecular flexibility index (Phi) is 4.79. The van der Waals surface area contributed by atoms with Crippen LogP contribution in [0.4, 0.5) is 0 Å². The van der Waals surface area contributed by atoms with Gasteiger partial charge < -0.3 is 10.1 Å². The molecule has 0 aromatic heterocycles. The Morgan fingerprint density at radius 1 is 1.53 bits per heavy atom. The molecule has 1 aromatic carbocycles. The maximum Gasteiger partial charge on any atom is 0.254 e. The van der Waals surface area contributed by atoms with Crippen molar-refractivity contribution in [3.63, 3.8) is 0 Å². The maximum atomic E-state index is 12.5. The highest BCUT2D eigenvalue weighted by molar-refractivity contribution is 14.1. The smallest absolute Gasteiger partial charge is 0.254 e. The lowest BCUT2D eigenvalue weighted by Gasteiger charge is -2.33. The van der Waals surface area contributed by atoms with Gasteiger partial charge in [-0.2, -0.15) is 0 Å². The van der Waals surface area contributed by atoms with E-state index in [4.69, 9.17) is 5.21 Å². The fourth-order valence-electron chi connectivity index (χ4n) is 2.40. The predicted molar refractivity (Wildman–Crippen MR) is 82.7 cm³/mol. The largest absolute Gasteiger partial charge is 0.411 e. The summed E-state index contributed by atoms with van der Waals surface area (Å²) in [5.74, 6) is 0.240. The van der Waals surface area contributed by atoms with E-state index in [1.54, 1.807) is 0 Å². The standard InChI is InChI=1S/C14H17IN2O2/c1-2-10-9-17(8-7-13(10)16-19)14(18)11-5-3-4-6-12(11)15/h3-6,10,19H,2,7-9H2,1H3/b16-13+. The van der Waals surface area contributed by atoms with E-state index in [0.717, 1.165) is 21.3 Å². The van der Waals surface area contributed by atoms with Gasteiger partial charge in [-0.1, -0.05) is 24.2 Å². The minimum atomic E-state index is 0.0699. The van der Waals surface area contributed by atoms with Crippen LogP contribution in [-0.4, -0.2) is 34.8 Å². The predicted octanol–water partition coefficient (Wildman–Crippen LogP) is 2.99. The van der Waals surface area contributed by atoms with Gasteiger partial charge in [0.05, 0.1) is 11.3 Å². The van der Waals surface area contributed by atoms with Crippen LogP contribution in [0, 0.1) is 9.49 Å². The second-order valence-electron chi connectivity index (χ2n) is 4.68. The molecule has 1 unspecified atom stereocenters. The summed E-state index contributed by atoms with van der Waals surface area (Å²) in [6.45, 7) is 3.31. The van der Waals surface area contributed by atoms with Crippen LogP contribution < -0.4 is 0 Å². The van der Waals surface area contributed by atoms with E-state index >= 15 is 0 Å².